The van der Waals surface area contributed by atoms with Gasteiger partial charge in [-0.1, -0.05) is 12.1 Å². The molecule has 3 N–H and O–H groups in total. The van der Waals surface area contributed by atoms with Crippen LogP contribution in [0, 0.1) is 0 Å². The van der Waals surface area contributed by atoms with E-state index in [2.05, 4.69) is 5.32 Å². The molecule has 0 radical (unpaired) electrons. The average molecular weight is 378 g/mol. The van der Waals surface area contributed by atoms with E-state index >= 15 is 0 Å². The van der Waals surface area contributed by atoms with Crippen molar-refractivity contribution in [2.75, 3.05) is 13.1 Å². The van der Waals surface area contributed by atoms with E-state index in [9.17, 15) is 14.4 Å². The third kappa shape index (κ3) is 3.95. The second kappa shape index (κ2) is 8.64. The topological polar surface area (TPSA) is 106 Å². The predicted octanol–water partition coefficient (Wildman–Crippen LogP) is 1.97. The van der Waals surface area contributed by atoms with Crippen LogP contribution in [0.2, 0.25) is 0 Å². The van der Waals surface area contributed by atoms with Crippen molar-refractivity contribution in [2.24, 2.45) is 5.73 Å². The van der Waals surface area contributed by atoms with Crippen LogP contribution in [0.1, 0.15) is 49.7 Å². The zero-order valence-electron chi connectivity index (χ0n) is 14.1. The summed E-state index contributed by atoms with van der Waals surface area (Å²) < 4.78 is 5.12. The Hall–Kier alpha value is -2.64. The van der Waals surface area contributed by atoms with Crippen molar-refractivity contribution in [3.63, 3.8) is 0 Å². The van der Waals surface area contributed by atoms with E-state index in [0.717, 1.165) is 0 Å². The number of nitrogens with one attached hydrogen (secondary N) is 1. The van der Waals surface area contributed by atoms with Gasteiger partial charge in [-0.2, -0.15) is 0 Å². The Morgan fingerprint density at radius 3 is 2.35 bits per heavy atom. The molecule has 0 atom stereocenters. The van der Waals surface area contributed by atoms with Gasteiger partial charge in [0.25, 0.3) is 17.7 Å². The second-order valence-electron chi connectivity index (χ2n) is 5.78. The van der Waals surface area contributed by atoms with Crippen molar-refractivity contribution in [1.82, 2.24) is 10.2 Å². The van der Waals surface area contributed by atoms with Crippen LogP contribution >= 0.6 is 12.4 Å². The maximum absolute atomic E-state index is 12.2. The molecule has 0 saturated heterocycles. The van der Waals surface area contributed by atoms with Gasteiger partial charge in [0, 0.05) is 13.1 Å². The summed E-state index contributed by atoms with van der Waals surface area (Å²) in [5, 5.41) is 2.77. The highest BCUT2D eigenvalue weighted by molar-refractivity contribution is 6.21. The van der Waals surface area contributed by atoms with Crippen LogP contribution in [0.3, 0.4) is 0 Å². The lowest BCUT2D eigenvalue weighted by atomic mass is 10.1. The van der Waals surface area contributed by atoms with Gasteiger partial charge in [-0.15, -0.1) is 12.4 Å². The van der Waals surface area contributed by atoms with Crippen molar-refractivity contribution in [3.05, 3.63) is 59.0 Å². The summed E-state index contributed by atoms with van der Waals surface area (Å²) in [6.45, 7) is 1.03. The van der Waals surface area contributed by atoms with Crippen LogP contribution in [0.15, 0.2) is 41.0 Å². The van der Waals surface area contributed by atoms with Crippen molar-refractivity contribution >= 4 is 30.1 Å². The highest BCUT2D eigenvalue weighted by atomic mass is 35.5. The number of imide groups is 1. The molecule has 0 spiro atoms. The number of carbonyl (C=O) groups is 3. The zero-order chi connectivity index (χ0) is 17.8. The summed E-state index contributed by atoms with van der Waals surface area (Å²) in [7, 11) is 0. The molecule has 1 aromatic carbocycles. The van der Waals surface area contributed by atoms with Gasteiger partial charge in [-0.3, -0.25) is 19.3 Å². The van der Waals surface area contributed by atoms with E-state index in [0.29, 0.717) is 48.4 Å². The predicted molar refractivity (Wildman–Crippen MR) is 97.2 cm³/mol. The fraction of sp³-hybridized carbons (Fsp3) is 0.278. The smallest absolute Gasteiger partial charge is 0.261 e. The minimum absolute atomic E-state index is 0. The third-order valence-corrected chi connectivity index (χ3v) is 4.09. The van der Waals surface area contributed by atoms with Crippen LogP contribution in [-0.4, -0.2) is 35.7 Å². The Morgan fingerprint density at radius 2 is 1.77 bits per heavy atom. The first-order chi connectivity index (χ1) is 12.1. The maximum Gasteiger partial charge on any atom is 0.261 e. The summed E-state index contributed by atoms with van der Waals surface area (Å²) >= 11 is 0. The Labute approximate surface area is 156 Å². The van der Waals surface area contributed by atoms with E-state index in [4.69, 9.17) is 10.2 Å². The molecular formula is C18H20ClN3O4. The van der Waals surface area contributed by atoms with E-state index in [1.165, 1.54) is 11.2 Å². The number of halogens is 1. The van der Waals surface area contributed by atoms with Gasteiger partial charge in [-0.25, -0.2) is 0 Å². The molecule has 0 saturated carbocycles. The number of hydrogen-bond acceptors (Lipinski definition) is 5. The van der Waals surface area contributed by atoms with E-state index in [-0.39, 0.29) is 36.7 Å². The van der Waals surface area contributed by atoms with Crippen LogP contribution in [-0.2, 0) is 6.54 Å². The van der Waals surface area contributed by atoms with Gasteiger partial charge in [-0.05, 0) is 31.0 Å². The summed E-state index contributed by atoms with van der Waals surface area (Å²) in [5.41, 5.74) is 6.77. The van der Waals surface area contributed by atoms with Crippen LogP contribution in [0.25, 0.3) is 0 Å². The van der Waals surface area contributed by atoms with E-state index < -0.39 is 0 Å². The molecule has 26 heavy (non-hydrogen) atoms. The van der Waals surface area contributed by atoms with Gasteiger partial charge in [0.15, 0.2) is 0 Å². The molecule has 0 unspecified atom stereocenters. The Kier molecular flexibility index (Phi) is 6.54. The first kappa shape index (κ1) is 19.7. The fourth-order valence-electron chi connectivity index (χ4n) is 2.75. The number of nitrogens with zero attached hydrogens (tertiary/aromatic N) is 1. The first-order valence-corrected chi connectivity index (χ1v) is 8.12. The molecule has 0 fully saturated rings. The number of hydrogen-bond donors (Lipinski definition) is 2. The molecule has 1 aliphatic rings. The van der Waals surface area contributed by atoms with Gasteiger partial charge in [0.1, 0.15) is 12.0 Å². The number of unbranched alkanes of at least 4 members (excludes halogenated alkanes) is 1. The van der Waals surface area contributed by atoms with Crippen LogP contribution in [0.5, 0.6) is 0 Å². The molecule has 138 valence electrons. The maximum atomic E-state index is 12.2. The fourth-order valence-corrected chi connectivity index (χ4v) is 2.75. The molecule has 8 heteroatoms. The zero-order valence-corrected chi connectivity index (χ0v) is 14.9. The Balaban J connectivity index is 0.00000243. The highest BCUT2D eigenvalue weighted by Crippen LogP contribution is 2.22. The van der Waals surface area contributed by atoms with E-state index in [1.807, 2.05) is 0 Å². The molecule has 7 nitrogen and oxygen atoms in total. The molecule has 1 aliphatic heterocycles. The lowest BCUT2D eigenvalue weighted by Crippen LogP contribution is -2.31. The SMILES string of the molecule is Cl.NCc1cc(C(=O)NCCCCN2C(=O)c3ccccc3C2=O)co1. The highest BCUT2D eigenvalue weighted by Gasteiger charge is 2.34. The molecule has 0 bridgehead atoms. The van der Waals surface area contributed by atoms with Crippen molar-refractivity contribution in [2.45, 2.75) is 19.4 Å². The monoisotopic (exact) mass is 377 g/mol. The van der Waals surface area contributed by atoms with Crippen molar-refractivity contribution in [1.29, 1.82) is 0 Å². The summed E-state index contributed by atoms with van der Waals surface area (Å²) in [6.07, 6.45) is 2.64. The quantitative estimate of drug-likeness (QED) is 0.566. The van der Waals surface area contributed by atoms with Gasteiger partial charge >= 0.3 is 0 Å². The number of amides is 3. The number of nitrogens with two attached hydrogens (primary N) is 1. The minimum Gasteiger partial charge on any atom is -0.467 e. The number of fused-ring (bicyclic) bond motifs is 1. The van der Waals surface area contributed by atoms with Crippen molar-refractivity contribution < 1.29 is 18.8 Å². The molecule has 3 amide bonds. The van der Waals surface area contributed by atoms with Crippen LogP contribution in [0.4, 0.5) is 0 Å². The molecular weight excluding hydrogens is 358 g/mol. The largest absolute Gasteiger partial charge is 0.467 e. The third-order valence-electron chi connectivity index (χ3n) is 4.09. The summed E-state index contributed by atoms with van der Waals surface area (Å²) in [6, 6.07) is 8.42. The molecule has 2 heterocycles. The lowest BCUT2D eigenvalue weighted by molar-refractivity contribution is 0.0650. The Morgan fingerprint density at radius 1 is 1.12 bits per heavy atom. The second-order valence-corrected chi connectivity index (χ2v) is 5.78. The van der Waals surface area contributed by atoms with Gasteiger partial charge < -0.3 is 15.5 Å². The number of benzene rings is 1. The normalized spacial score (nSPS) is 12.7. The molecule has 3 rings (SSSR count). The van der Waals surface area contributed by atoms with Gasteiger partial charge in [0.2, 0.25) is 0 Å². The lowest BCUT2D eigenvalue weighted by Gasteiger charge is -2.13. The average Bonchev–Trinajstić information content (AvgIpc) is 3.20. The van der Waals surface area contributed by atoms with Gasteiger partial charge in [0.05, 0.1) is 23.2 Å². The minimum atomic E-state index is -0.252. The summed E-state index contributed by atoms with van der Waals surface area (Å²) in [5.74, 6) is -0.186. The van der Waals surface area contributed by atoms with Crippen molar-refractivity contribution in [3.8, 4) is 0 Å². The number of carbonyl (C=O) groups excluding carboxylic acids is 3. The molecule has 1 aromatic heterocycles. The Bertz CT molecular complexity index is 783. The number of furan rings is 1. The molecule has 0 aliphatic carbocycles. The number of rotatable bonds is 7. The molecule has 2 aromatic rings. The standard InChI is InChI=1S/C18H19N3O4.ClH/c19-10-13-9-12(11-25-13)16(22)20-7-3-4-8-21-17(23)14-5-1-2-6-15(14)18(21)24;/h1-2,5-6,9,11H,3-4,7-8,10,19H2,(H,20,22);1H. The summed E-state index contributed by atoms with van der Waals surface area (Å²) in [4.78, 5) is 37.6. The van der Waals surface area contributed by atoms with E-state index in [1.54, 1.807) is 30.3 Å². The van der Waals surface area contributed by atoms with Crippen LogP contribution < -0.4 is 11.1 Å². The first-order valence-electron chi connectivity index (χ1n) is 8.12.